The second-order valence-electron chi connectivity index (χ2n) is 8.92. The van der Waals surface area contributed by atoms with Gasteiger partial charge in [0.25, 0.3) is 0 Å². The Morgan fingerprint density at radius 2 is 1.38 bits per heavy atom. The van der Waals surface area contributed by atoms with E-state index in [1.807, 2.05) is 0 Å². The van der Waals surface area contributed by atoms with Gasteiger partial charge in [0, 0.05) is 19.3 Å². The molecule has 204 valence electrons. The molecule has 13 nitrogen and oxygen atoms in total. The fourth-order valence-corrected chi connectivity index (χ4v) is 3.34. The van der Waals surface area contributed by atoms with Crippen LogP contribution in [0.4, 0.5) is 0 Å². The van der Waals surface area contributed by atoms with Crippen molar-refractivity contribution in [3.63, 3.8) is 0 Å². The smallest absolute Gasteiger partial charge is 0.326 e. The van der Waals surface area contributed by atoms with E-state index in [1.54, 1.807) is 44.2 Å². The van der Waals surface area contributed by atoms with Crippen LogP contribution >= 0.6 is 0 Å². The number of nitrogens with two attached hydrogens (primary N) is 2. The van der Waals surface area contributed by atoms with Crippen LogP contribution in [-0.4, -0.2) is 69.9 Å². The standard InChI is InChI=1S/C24H35N5O8/c1-13(2)20(24(36)37)29-23(35)17(12-14-6-4-3-5-7-14)28-22(34)16(9-11-19(31)32)27-21(33)15(25)8-10-18(26)30/h3-7,13,15-17,20H,8-12,25H2,1-2H3,(H2,26,30)(H,27,33)(H,28,34)(H,29,35)(H,31,32)(H,36,37). The van der Waals surface area contributed by atoms with Crippen molar-refractivity contribution in [3.05, 3.63) is 35.9 Å². The zero-order valence-electron chi connectivity index (χ0n) is 20.8. The summed E-state index contributed by atoms with van der Waals surface area (Å²) >= 11 is 0. The van der Waals surface area contributed by atoms with Gasteiger partial charge in [-0.15, -0.1) is 0 Å². The van der Waals surface area contributed by atoms with E-state index in [-0.39, 0.29) is 25.7 Å². The van der Waals surface area contributed by atoms with E-state index in [0.29, 0.717) is 5.56 Å². The summed E-state index contributed by atoms with van der Waals surface area (Å²) in [7, 11) is 0. The van der Waals surface area contributed by atoms with E-state index in [0.717, 1.165) is 0 Å². The summed E-state index contributed by atoms with van der Waals surface area (Å²) in [5.41, 5.74) is 11.5. The number of hydrogen-bond donors (Lipinski definition) is 7. The van der Waals surface area contributed by atoms with Crippen LogP contribution in [-0.2, 0) is 35.2 Å². The van der Waals surface area contributed by atoms with Gasteiger partial charge in [0.2, 0.25) is 23.6 Å². The van der Waals surface area contributed by atoms with Gasteiger partial charge in [0.05, 0.1) is 6.04 Å². The normalized spacial score (nSPS) is 14.1. The van der Waals surface area contributed by atoms with E-state index in [2.05, 4.69) is 16.0 Å². The highest BCUT2D eigenvalue weighted by Crippen LogP contribution is 2.08. The molecule has 1 aromatic carbocycles. The monoisotopic (exact) mass is 521 g/mol. The van der Waals surface area contributed by atoms with Crippen molar-refractivity contribution in [2.75, 3.05) is 0 Å². The first-order chi connectivity index (χ1) is 17.3. The number of carbonyl (C=O) groups is 6. The molecule has 4 unspecified atom stereocenters. The summed E-state index contributed by atoms with van der Waals surface area (Å²) in [5, 5.41) is 25.8. The molecule has 1 aromatic rings. The molecule has 0 aromatic heterocycles. The zero-order valence-corrected chi connectivity index (χ0v) is 20.8. The lowest BCUT2D eigenvalue weighted by Crippen LogP contribution is -2.58. The van der Waals surface area contributed by atoms with Crippen LogP contribution in [0.1, 0.15) is 45.1 Å². The van der Waals surface area contributed by atoms with E-state index < -0.39 is 72.1 Å². The van der Waals surface area contributed by atoms with Crippen LogP contribution in [0, 0.1) is 5.92 Å². The second kappa shape index (κ2) is 15.2. The van der Waals surface area contributed by atoms with Gasteiger partial charge in [0.15, 0.2) is 0 Å². The number of amides is 4. The van der Waals surface area contributed by atoms with E-state index in [4.69, 9.17) is 16.6 Å². The van der Waals surface area contributed by atoms with Gasteiger partial charge in [-0.25, -0.2) is 4.79 Å². The number of carbonyl (C=O) groups excluding carboxylic acids is 4. The van der Waals surface area contributed by atoms with E-state index in [1.165, 1.54) is 0 Å². The van der Waals surface area contributed by atoms with Crippen molar-refractivity contribution in [2.24, 2.45) is 17.4 Å². The molecule has 9 N–H and O–H groups in total. The number of hydrogen-bond acceptors (Lipinski definition) is 7. The number of primary amides is 1. The summed E-state index contributed by atoms with van der Waals surface area (Å²) in [5.74, 6) is -6.00. The third-order valence-corrected chi connectivity index (χ3v) is 5.46. The molecular formula is C24H35N5O8. The lowest BCUT2D eigenvalue weighted by atomic mass is 10.0. The number of carboxylic acid groups (broad SMARTS) is 2. The molecule has 0 radical (unpaired) electrons. The highest BCUT2D eigenvalue weighted by atomic mass is 16.4. The Labute approximate surface area is 214 Å². The van der Waals surface area contributed by atoms with Crippen molar-refractivity contribution in [2.45, 2.75) is 70.1 Å². The number of aliphatic carboxylic acids is 2. The van der Waals surface area contributed by atoms with Crippen LogP contribution < -0.4 is 27.4 Å². The molecule has 4 atom stereocenters. The average Bonchev–Trinajstić information content (AvgIpc) is 2.82. The predicted octanol–water partition coefficient (Wildman–Crippen LogP) is -1.12. The fraction of sp³-hybridized carbons (Fsp3) is 0.500. The Bertz CT molecular complexity index is 969. The first kappa shape index (κ1) is 31.0. The lowest BCUT2D eigenvalue weighted by molar-refractivity contribution is -0.143. The highest BCUT2D eigenvalue weighted by Gasteiger charge is 2.31. The van der Waals surface area contributed by atoms with E-state index in [9.17, 15) is 33.9 Å². The molecule has 0 fully saturated rings. The maximum atomic E-state index is 13.1. The third-order valence-electron chi connectivity index (χ3n) is 5.46. The number of carboxylic acids is 2. The summed E-state index contributed by atoms with van der Waals surface area (Å²) in [6.07, 6.45) is -1.03. The summed E-state index contributed by atoms with van der Waals surface area (Å²) in [6.45, 7) is 3.23. The van der Waals surface area contributed by atoms with Crippen molar-refractivity contribution in [1.82, 2.24) is 16.0 Å². The minimum Gasteiger partial charge on any atom is -0.481 e. The van der Waals surface area contributed by atoms with Gasteiger partial charge in [-0.2, -0.15) is 0 Å². The molecule has 0 aliphatic carbocycles. The van der Waals surface area contributed by atoms with Gasteiger partial charge in [-0.3, -0.25) is 24.0 Å². The molecule has 4 amide bonds. The molecular weight excluding hydrogens is 486 g/mol. The molecule has 1 rings (SSSR count). The number of nitrogens with one attached hydrogen (secondary N) is 3. The fourth-order valence-electron chi connectivity index (χ4n) is 3.34. The Kier molecular flexibility index (Phi) is 12.7. The van der Waals surface area contributed by atoms with Gasteiger partial charge < -0.3 is 37.6 Å². The van der Waals surface area contributed by atoms with Crippen molar-refractivity contribution < 1.29 is 39.0 Å². The van der Waals surface area contributed by atoms with Crippen LogP contribution in [0.5, 0.6) is 0 Å². The van der Waals surface area contributed by atoms with Crippen LogP contribution in [0.3, 0.4) is 0 Å². The van der Waals surface area contributed by atoms with Crippen molar-refractivity contribution in [3.8, 4) is 0 Å². The Hall–Kier alpha value is -4.00. The quantitative estimate of drug-likeness (QED) is 0.139. The van der Waals surface area contributed by atoms with Crippen LogP contribution in [0.15, 0.2) is 30.3 Å². The molecule has 37 heavy (non-hydrogen) atoms. The van der Waals surface area contributed by atoms with Crippen molar-refractivity contribution >= 4 is 35.6 Å². The predicted molar refractivity (Wildman–Crippen MR) is 132 cm³/mol. The van der Waals surface area contributed by atoms with E-state index >= 15 is 0 Å². The Balaban J connectivity index is 3.12. The molecule has 13 heteroatoms. The largest absolute Gasteiger partial charge is 0.481 e. The minimum absolute atomic E-state index is 0.000566. The molecule has 0 aliphatic heterocycles. The minimum atomic E-state index is -1.37. The Morgan fingerprint density at radius 3 is 1.89 bits per heavy atom. The lowest BCUT2D eigenvalue weighted by Gasteiger charge is -2.26. The maximum Gasteiger partial charge on any atom is 0.326 e. The summed E-state index contributed by atoms with van der Waals surface area (Å²) in [4.78, 5) is 72.2. The number of rotatable bonds is 16. The topological polar surface area (TPSA) is 231 Å². The SMILES string of the molecule is CC(C)C(NC(=O)C(Cc1ccccc1)NC(=O)C(CCC(=O)O)NC(=O)C(N)CCC(N)=O)C(=O)O. The Morgan fingerprint density at radius 1 is 0.811 bits per heavy atom. The first-order valence-electron chi connectivity index (χ1n) is 11.7. The zero-order chi connectivity index (χ0) is 28.1. The molecule has 0 heterocycles. The van der Waals surface area contributed by atoms with Gasteiger partial charge in [0.1, 0.15) is 18.1 Å². The molecule has 0 bridgehead atoms. The number of benzene rings is 1. The first-order valence-corrected chi connectivity index (χ1v) is 11.7. The molecule has 0 saturated carbocycles. The average molecular weight is 522 g/mol. The second-order valence-corrected chi connectivity index (χ2v) is 8.92. The van der Waals surface area contributed by atoms with Gasteiger partial charge in [-0.1, -0.05) is 44.2 Å². The highest BCUT2D eigenvalue weighted by molar-refractivity contribution is 5.94. The maximum absolute atomic E-state index is 13.1. The third kappa shape index (κ3) is 11.5. The van der Waals surface area contributed by atoms with Gasteiger partial charge >= 0.3 is 11.9 Å². The van der Waals surface area contributed by atoms with Crippen LogP contribution in [0.2, 0.25) is 0 Å². The summed E-state index contributed by atoms with van der Waals surface area (Å²) < 4.78 is 0. The van der Waals surface area contributed by atoms with Crippen LogP contribution in [0.25, 0.3) is 0 Å². The molecule has 0 aliphatic rings. The van der Waals surface area contributed by atoms with Gasteiger partial charge in [-0.05, 0) is 24.3 Å². The molecule has 0 saturated heterocycles. The summed E-state index contributed by atoms with van der Waals surface area (Å²) in [6, 6.07) is 3.64. The molecule has 0 spiro atoms. The van der Waals surface area contributed by atoms with Crippen molar-refractivity contribution in [1.29, 1.82) is 0 Å².